The van der Waals surface area contributed by atoms with Gasteiger partial charge in [-0.25, -0.2) is 4.90 Å². The molecule has 1 heterocycles. The summed E-state index contributed by atoms with van der Waals surface area (Å²) in [7, 11) is 0. The van der Waals surface area contributed by atoms with E-state index in [1.54, 1.807) is 18.2 Å². The molecule has 3 aromatic rings. The number of hydrogen-bond donors (Lipinski definition) is 0. The summed E-state index contributed by atoms with van der Waals surface area (Å²) in [4.78, 5) is 55.6. The first-order valence-electron chi connectivity index (χ1n) is 12.2. The fraction of sp³-hybridized carbons (Fsp3) is 0.267. The second-order valence-electron chi connectivity index (χ2n) is 9.70. The minimum absolute atomic E-state index is 0.166. The highest BCUT2D eigenvalue weighted by atomic mass is 16.5. The van der Waals surface area contributed by atoms with Gasteiger partial charge < -0.3 is 4.74 Å². The van der Waals surface area contributed by atoms with E-state index in [4.69, 9.17) is 4.74 Å². The summed E-state index contributed by atoms with van der Waals surface area (Å²) in [5.41, 5.74) is 2.79. The maximum absolute atomic E-state index is 14.3. The molecule has 180 valence electrons. The highest BCUT2D eigenvalue weighted by molar-refractivity contribution is 6.26. The van der Waals surface area contributed by atoms with Crippen molar-refractivity contribution >= 4 is 29.1 Å². The van der Waals surface area contributed by atoms with E-state index >= 15 is 0 Å². The first-order chi connectivity index (χ1) is 17.3. The van der Waals surface area contributed by atoms with E-state index in [1.165, 1.54) is 13.8 Å². The molecule has 0 spiro atoms. The molecular formula is C30H25NO5. The molecule has 2 unspecified atom stereocenters. The Hall–Kier alpha value is -4.06. The zero-order chi connectivity index (χ0) is 25.4. The van der Waals surface area contributed by atoms with Crippen LogP contribution in [0.5, 0.6) is 5.75 Å². The highest BCUT2D eigenvalue weighted by Crippen LogP contribution is 2.64. The summed E-state index contributed by atoms with van der Waals surface area (Å²) in [6.07, 6.45) is 0. The Morgan fingerprint density at radius 2 is 1.50 bits per heavy atom. The summed E-state index contributed by atoms with van der Waals surface area (Å²) < 4.78 is 5.78. The molecular weight excluding hydrogens is 454 g/mol. The van der Waals surface area contributed by atoms with Gasteiger partial charge in [-0.3, -0.25) is 19.2 Å². The molecule has 1 aliphatic heterocycles. The molecule has 0 N–H and O–H groups in total. The number of carbonyl (C=O) groups excluding carboxylic acids is 4. The lowest BCUT2D eigenvalue weighted by Crippen LogP contribution is -2.57. The zero-order valence-electron chi connectivity index (χ0n) is 20.3. The maximum atomic E-state index is 14.3. The van der Waals surface area contributed by atoms with Crippen molar-refractivity contribution in [2.75, 3.05) is 11.5 Å². The van der Waals surface area contributed by atoms with Crippen LogP contribution in [0.4, 0.5) is 5.69 Å². The van der Waals surface area contributed by atoms with Crippen molar-refractivity contribution in [2.24, 2.45) is 11.8 Å². The number of nitrogens with zero attached hydrogens (tertiary/aromatic N) is 1. The van der Waals surface area contributed by atoms with Crippen molar-refractivity contribution < 1.29 is 23.9 Å². The van der Waals surface area contributed by atoms with Crippen LogP contribution in [0, 0.1) is 11.8 Å². The number of benzene rings is 3. The second-order valence-corrected chi connectivity index (χ2v) is 9.70. The second kappa shape index (κ2) is 7.72. The summed E-state index contributed by atoms with van der Waals surface area (Å²) >= 11 is 0. The van der Waals surface area contributed by atoms with Crippen molar-refractivity contribution in [1.82, 2.24) is 0 Å². The van der Waals surface area contributed by atoms with E-state index in [0.29, 0.717) is 17.9 Å². The van der Waals surface area contributed by atoms with E-state index in [1.807, 2.05) is 55.5 Å². The number of Topliss-reactive ketones (excluding diaryl/α,β-unsaturated/α-hetero) is 2. The quantitative estimate of drug-likeness (QED) is 0.400. The van der Waals surface area contributed by atoms with Gasteiger partial charge in [0.15, 0.2) is 5.78 Å². The Morgan fingerprint density at radius 1 is 0.889 bits per heavy atom. The Balaban J connectivity index is 1.63. The monoisotopic (exact) mass is 479 g/mol. The van der Waals surface area contributed by atoms with Gasteiger partial charge in [0, 0.05) is 11.5 Å². The van der Waals surface area contributed by atoms with Gasteiger partial charge in [0.25, 0.3) is 0 Å². The number of carbonyl (C=O) groups is 4. The Morgan fingerprint density at radius 3 is 2.06 bits per heavy atom. The van der Waals surface area contributed by atoms with Crippen molar-refractivity contribution in [1.29, 1.82) is 0 Å². The average Bonchev–Trinajstić information content (AvgIpc) is 3.14. The number of hydrogen-bond acceptors (Lipinski definition) is 5. The molecule has 2 bridgehead atoms. The van der Waals surface area contributed by atoms with Crippen LogP contribution in [0.2, 0.25) is 0 Å². The summed E-state index contributed by atoms with van der Waals surface area (Å²) in [5, 5.41) is 0. The van der Waals surface area contributed by atoms with Crippen molar-refractivity contribution in [3.8, 4) is 5.75 Å². The Bertz CT molecular complexity index is 1440. The normalized spacial score (nSPS) is 25.3. The van der Waals surface area contributed by atoms with Crippen LogP contribution >= 0.6 is 0 Å². The largest absolute Gasteiger partial charge is 0.492 e. The predicted molar refractivity (Wildman–Crippen MR) is 133 cm³/mol. The highest BCUT2D eigenvalue weighted by Gasteiger charge is 2.70. The first-order valence-corrected chi connectivity index (χ1v) is 12.2. The number of rotatable bonds is 5. The molecule has 36 heavy (non-hydrogen) atoms. The lowest BCUT2D eigenvalue weighted by atomic mass is 9.46. The van der Waals surface area contributed by atoms with E-state index in [2.05, 4.69) is 0 Å². The summed E-state index contributed by atoms with van der Waals surface area (Å²) in [6, 6.07) is 20.1. The van der Waals surface area contributed by atoms with E-state index in [-0.39, 0.29) is 29.1 Å². The molecule has 0 aromatic heterocycles. The van der Waals surface area contributed by atoms with Gasteiger partial charge in [0.2, 0.25) is 11.8 Å². The smallest absolute Gasteiger partial charge is 0.239 e. The van der Waals surface area contributed by atoms with E-state index in [0.717, 1.165) is 27.2 Å². The standard InChI is InChI=1S/C30H25NO5/c1-4-36-24-14-13-18(16(2)32)15-23(24)31-28(34)26-25-19-9-5-7-11-21(19)30(17(3)33,27(26)29(31)35)22-12-8-6-10-20(22)25/h5-15,25-27H,4H2,1-3H3. The van der Waals surface area contributed by atoms with Crippen molar-refractivity contribution in [2.45, 2.75) is 32.1 Å². The molecule has 3 aromatic carbocycles. The molecule has 1 saturated heterocycles. The molecule has 0 saturated carbocycles. The molecule has 2 amide bonds. The van der Waals surface area contributed by atoms with Gasteiger partial charge >= 0.3 is 0 Å². The third-order valence-electron chi connectivity index (χ3n) is 8.08. The first kappa shape index (κ1) is 22.4. The van der Waals surface area contributed by atoms with E-state index in [9.17, 15) is 19.2 Å². The van der Waals surface area contributed by atoms with Crippen LogP contribution < -0.4 is 9.64 Å². The van der Waals surface area contributed by atoms with Crippen LogP contribution in [0.3, 0.4) is 0 Å². The molecule has 7 rings (SSSR count). The molecule has 0 radical (unpaired) electrons. The van der Waals surface area contributed by atoms with Gasteiger partial charge in [-0.2, -0.15) is 0 Å². The molecule has 2 atom stereocenters. The molecule has 1 fully saturated rings. The third-order valence-corrected chi connectivity index (χ3v) is 8.08. The Kier molecular flexibility index (Phi) is 4.80. The average molecular weight is 480 g/mol. The number of ketones is 2. The van der Waals surface area contributed by atoms with Gasteiger partial charge in [-0.1, -0.05) is 48.5 Å². The van der Waals surface area contributed by atoms with Gasteiger partial charge in [-0.05, 0) is 61.2 Å². The SMILES string of the molecule is CCOc1ccc(C(C)=O)cc1N1C(=O)C2C3c4ccccc4C(C(C)=O)(c4ccccc43)C2C1=O. The molecule has 3 aliphatic carbocycles. The third kappa shape index (κ3) is 2.61. The van der Waals surface area contributed by atoms with Crippen LogP contribution in [0.15, 0.2) is 66.7 Å². The molecule has 6 nitrogen and oxygen atoms in total. The van der Waals surface area contributed by atoms with Crippen LogP contribution in [0.25, 0.3) is 0 Å². The maximum Gasteiger partial charge on any atom is 0.239 e. The summed E-state index contributed by atoms with van der Waals surface area (Å²) in [5.74, 6) is -2.77. The number of ether oxygens (including phenoxy) is 1. The topological polar surface area (TPSA) is 80.8 Å². The zero-order valence-corrected chi connectivity index (χ0v) is 20.3. The Labute approximate surface area is 208 Å². The number of amides is 2. The van der Waals surface area contributed by atoms with Gasteiger partial charge in [0.05, 0.1) is 29.5 Å². The fourth-order valence-electron chi connectivity index (χ4n) is 6.80. The molecule has 4 aliphatic rings. The minimum Gasteiger partial charge on any atom is -0.492 e. The lowest BCUT2D eigenvalue weighted by molar-refractivity contribution is -0.132. The number of imide groups is 1. The molecule has 6 heteroatoms. The lowest BCUT2D eigenvalue weighted by Gasteiger charge is -2.52. The minimum atomic E-state index is -1.27. The van der Waals surface area contributed by atoms with Gasteiger partial charge in [-0.15, -0.1) is 0 Å². The summed E-state index contributed by atoms with van der Waals surface area (Å²) in [6.45, 7) is 5.09. The van der Waals surface area contributed by atoms with E-state index < -0.39 is 23.2 Å². The van der Waals surface area contributed by atoms with Crippen LogP contribution in [-0.2, 0) is 19.8 Å². The van der Waals surface area contributed by atoms with Crippen LogP contribution in [-0.4, -0.2) is 30.0 Å². The fourth-order valence-corrected chi connectivity index (χ4v) is 6.80. The van der Waals surface area contributed by atoms with Crippen molar-refractivity contribution in [3.63, 3.8) is 0 Å². The number of anilines is 1. The van der Waals surface area contributed by atoms with Crippen molar-refractivity contribution in [3.05, 3.63) is 94.5 Å². The van der Waals surface area contributed by atoms with Gasteiger partial charge in [0.1, 0.15) is 11.5 Å². The predicted octanol–water partition coefficient (Wildman–Crippen LogP) is 4.43. The van der Waals surface area contributed by atoms with Crippen LogP contribution in [0.1, 0.15) is 59.3 Å².